The quantitative estimate of drug-likeness (QED) is 0.0548. The summed E-state index contributed by atoms with van der Waals surface area (Å²) in [5.41, 5.74) is 4.24. The molecule has 21 heteroatoms. The van der Waals surface area contributed by atoms with E-state index in [1.807, 2.05) is 0 Å². The standard InChI is InChI=1S/2C23H22F2N4O4.Mg/c2*1-29-23(26-27-28-29)20(11-10-18(30)12-19(31)13-21(32)33)22(14-2-6-16(24)7-3-14)15-4-8-17(25)9-5-15;/h2*2-11,18-19,30-31H,12-13H2,1H3,(H,32,33);/q;;+2/p-2/b2*11-10+;/t2*18-,19-;/m11./s1. The second-order valence-corrected chi connectivity index (χ2v) is 14.6. The maximum absolute atomic E-state index is 13.6. The minimum atomic E-state index is -1.43. The van der Waals surface area contributed by atoms with Crippen LogP contribution >= 0.6 is 0 Å². The summed E-state index contributed by atoms with van der Waals surface area (Å²) < 4.78 is 57.1. The molecule has 2 aromatic heterocycles. The minimum Gasteiger partial charge on any atom is -0.550 e. The Bertz CT molecular complexity index is 2410. The molecule has 0 aliphatic heterocycles. The molecule has 0 unspecified atom stereocenters. The van der Waals surface area contributed by atoms with Gasteiger partial charge in [0.2, 0.25) is 0 Å². The third-order valence-corrected chi connectivity index (χ3v) is 9.59. The van der Waals surface area contributed by atoms with Crippen LogP contribution in [0.2, 0.25) is 0 Å². The van der Waals surface area contributed by atoms with Gasteiger partial charge < -0.3 is 40.2 Å². The van der Waals surface area contributed by atoms with Crippen molar-refractivity contribution in [1.82, 2.24) is 40.4 Å². The number of aliphatic carboxylic acids is 2. The number of hydrogen-bond acceptors (Lipinski definition) is 14. The molecule has 0 saturated carbocycles. The third-order valence-electron chi connectivity index (χ3n) is 9.59. The summed E-state index contributed by atoms with van der Waals surface area (Å²) in [5.74, 6) is -4.01. The largest absolute Gasteiger partial charge is 2.00 e. The van der Waals surface area contributed by atoms with E-state index in [2.05, 4.69) is 31.1 Å². The zero-order valence-electron chi connectivity index (χ0n) is 35.9. The fourth-order valence-electron chi connectivity index (χ4n) is 6.56. The van der Waals surface area contributed by atoms with Crippen LogP contribution in [0.15, 0.2) is 121 Å². The Morgan fingerprint density at radius 2 is 0.806 bits per heavy atom. The number of aromatic nitrogens is 8. The number of halogens is 4. The summed E-state index contributed by atoms with van der Waals surface area (Å²) in [5, 5.41) is 84.5. The fraction of sp³-hybridized carbons (Fsp3) is 0.217. The van der Waals surface area contributed by atoms with E-state index in [0.717, 1.165) is 0 Å². The first-order chi connectivity index (χ1) is 31.5. The Labute approximate surface area is 396 Å². The molecule has 0 spiro atoms. The number of allylic oxidation sites excluding steroid dienone is 4. The van der Waals surface area contributed by atoms with E-state index < -0.39 is 72.5 Å². The number of carbonyl (C=O) groups is 2. The zero-order valence-corrected chi connectivity index (χ0v) is 37.3. The van der Waals surface area contributed by atoms with Crippen molar-refractivity contribution in [3.8, 4) is 0 Å². The van der Waals surface area contributed by atoms with Gasteiger partial charge in [-0.3, -0.25) is 0 Å². The molecule has 0 aliphatic rings. The summed E-state index contributed by atoms with van der Waals surface area (Å²) in [6, 6.07) is 22.6. The van der Waals surface area contributed by atoms with Gasteiger partial charge in [-0.15, -0.1) is 10.2 Å². The van der Waals surface area contributed by atoms with Crippen molar-refractivity contribution in [2.75, 3.05) is 0 Å². The maximum atomic E-state index is 13.6. The van der Waals surface area contributed by atoms with Crippen molar-refractivity contribution in [3.05, 3.63) is 179 Å². The molecule has 0 fully saturated rings. The van der Waals surface area contributed by atoms with Gasteiger partial charge in [0.25, 0.3) is 0 Å². The molecule has 2 heterocycles. The molecule has 6 aromatic rings. The van der Waals surface area contributed by atoms with Crippen molar-refractivity contribution in [2.24, 2.45) is 14.1 Å². The van der Waals surface area contributed by atoms with Crippen molar-refractivity contribution in [1.29, 1.82) is 0 Å². The number of benzene rings is 4. The summed E-state index contributed by atoms with van der Waals surface area (Å²) in [4.78, 5) is 21.3. The number of hydrogen-bond donors (Lipinski definition) is 4. The average Bonchev–Trinajstić information content (AvgIpc) is 3.89. The molecule has 0 radical (unpaired) electrons. The molecule has 344 valence electrons. The van der Waals surface area contributed by atoms with E-state index >= 15 is 0 Å². The SMILES string of the molecule is Cn1nnnc1C(/C=C/[C@@H](O)C[C@@H](O)CC(=O)[O-])=C(c1ccc(F)cc1)c1ccc(F)cc1.Cn1nnnc1C(/C=C/[C@@H](O)C[C@@H](O)CC(=O)[O-])=C(c1ccc(F)cc1)c1ccc(F)cc1.[Mg+2]. The van der Waals surface area contributed by atoms with Crippen LogP contribution in [-0.4, -0.2) is 120 Å². The van der Waals surface area contributed by atoms with Crippen LogP contribution in [0.3, 0.4) is 0 Å². The maximum Gasteiger partial charge on any atom is 2.00 e. The normalized spacial score (nSPS) is 12.9. The molecule has 4 atom stereocenters. The topological polar surface area (TPSA) is 248 Å². The Hall–Kier alpha value is -6.75. The number of carboxylic acids is 2. The first-order valence-corrected chi connectivity index (χ1v) is 19.9. The zero-order chi connectivity index (χ0) is 47.9. The van der Waals surface area contributed by atoms with E-state index in [4.69, 9.17) is 0 Å². The van der Waals surface area contributed by atoms with E-state index in [9.17, 15) is 57.8 Å². The fourth-order valence-corrected chi connectivity index (χ4v) is 6.56. The molecule has 0 saturated heterocycles. The average molecular weight is 935 g/mol. The first kappa shape index (κ1) is 52.9. The van der Waals surface area contributed by atoms with Gasteiger partial charge >= 0.3 is 23.1 Å². The Balaban J connectivity index is 0.000000288. The number of aliphatic hydroxyl groups excluding tert-OH is 4. The predicted molar refractivity (Wildman–Crippen MR) is 232 cm³/mol. The summed E-state index contributed by atoms with van der Waals surface area (Å²) >= 11 is 0. The second kappa shape index (κ2) is 25.2. The molecule has 4 aromatic carbocycles. The number of rotatable bonds is 18. The number of aliphatic hydroxyl groups is 4. The number of carboxylic acid groups (broad SMARTS) is 2. The van der Waals surface area contributed by atoms with E-state index in [-0.39, 0.29) is 35.9 Å². The van der Waals surface area contributed by atoms with Gasteiger partial charge in [0.1, 0.15) is 23.3 Å². The van der Waals surface area contributed by atoms with Gasteiger partial charge in [-0.25, -0.2) is 26.9 Å². The second-order valence-electron chi connectivity index (χ2n) is 14.6. The number of aryl methyl sites for hydroxylation is 2. The van der Waals surface area contributed by atoms with Crippen LogP contribution in [0.4, 0.5) is 17.6 Å². The summed E-state index contributed by atoms with van der Waals surface area (Å²) in [6.45, 7) is 0. The molecule has 4 N–H and O–H groups in total. The van der Waals surface area contributed by atoms with E-state index in [0.29, 0.717) is 56.2 Å². The predicted octanol–water partition coefficient (Wildman–Crippen LogP) is 2.13. The van der Waals surface area contributed by atoms with Crippen molar-refractivity contribution >= 4 is 57.3 Å². The van der Waals surface area contributed by atoms with Crippen LogP contribution in [0, 0.1) is 23.3 Å². The van der Waals surface area contributed by atoms with Gasteiger partial charge in [0.15, 0.2) is 11.6 Å². The third kappa shape index (κ3) is 15.7. The van der Waals surface area contributed by atoms with Crippen LogP contribution in [0.5, 0.6) is 0 Å². The number of tetrazole rings is 2. The Kier molecular flexibility index (Phi) is 19.9. The van der Waals surface area contributed by atoms with Crippen molar-refractivity contribution < 1.29 is 57.8 Å². The van der Waals surface area contributed by atoms with Gasteiger partial charge in [-0.05, 0) is 103 Å². The smallest absolute Gasteiger partial charge is 0.550 e. The Morgan fingerprint density at radius 1 is 0.537 bits per heavy atom. The Morgan fingerprint density at radius 3 is 1.03 bits per heavy atom. The molecule has 0 amide bonds. The van der Waals surface area contributed by atoms with Gasteiger partial charge in [-0.2, -0.15) is 0 Å². The molecule has 0 aliphatic carbocycles. The number of nitrogens with zero attached hydrogens (tertiary/aromatic N) is 8. The molecule has 16 nitrogen and oxygen atoms in total. The summed E-state index contributed by atoms with van der Waals surface area (Å²) in [6.07, 6.45) is -0.946. The van der Waals surface area contributed by atoms with Crippen LogP contribution in [0.25, 0.3) is 22.3 Å². The van der Waals surface area contributed by atoms with Crippen molar-refractivity contribution in [2.45, 2.75) is 50.1 Å². The molecular formula is C46H42F4MgN8O8. The monoisotopic (exact) mass is 934 g/mol. The molecule has 6 rings (SSSR count). The van der Waals surface area contributed by atoms with Crippen molar-refractivity contribution in [3.63, 3.8) is 0 Å². The van der Waals surface area contributed by atoms with Gasteiger partial charge in [0, 0.05) is 62.9 Å². The molecule has 67 heavy (non-hydrogen) atoms. The van der Waals surface area contributed by atoms with Crippen LogP contribution in [0.1, 0.15) is 59.6 Å². The first-order valence-electron chi connectivity index (χ1n) is 19.9. The van der Waals surface area contributed by atoms with E-state index in [1.165, 1.54) is 82.2 Å². The van der Waals surface area contributed by atoms with Crippen LogP contribution < -0.4 is 10.2 Å². The molecular weight excluding hydrogens is 893 g/mol. The summed E-state index contributed by atoms with van der Waals surface area (Å²) in [7, 11) is 3.21. The van der Waals surface area contributed by atoms with Gasteiger partial charge in [-0.1, -0.05) is 72.8 Å². The molecule has 0 bridgehead atoms. The van der Waals surface area contributed by atoms with E-state index in [1.54, 1.807) is 62.6 Å². The number of carbonyl (C=O) groups excluding carboxylic acids is 2. The van der Waals surface area contributed by atoms with Crippen LogP contribution in [-0.2, 0) is 23.7 Å². The van der Waals surface area contributed by atoms with Gasteiger partial charge in [0.05, 0.1) is 24.4 Å². The minimum absolute atomic E-state index is 0.